The van der Waals surface area contributed by atoms with Gasteiger partial charge in [-0.2, -0.15) is 0 Å². The maximum absolute atomic E-state index is 13.5. The number of nitrogens with zero attached hydrogens (tertiary/aromatic N) is 3. The minimum absolute atomic E-state index is 0.166. The summed E-state index contributed by atoms with van der Waals surface area (Å²) in [6.07, 6.45) is 4.17. The van der Waals surface area contributed by atoms with Crippen LogP contribution in [-0.4, -0.2) is 49.2 Å². The maximum Gasteiger partial charge on any atom is 0.274 e. The monoisotopic (exact) mass is 381 g/mol. The first-order valence-corrected chi connectivity index (χ1v) is 9.94. The summed E-state index contributed by atoms with van der Waals surface area (Å²) < 4.78 is 0. The third-order valence-corrected chi connectivity index (χ3v) is 6.50. The van der Waals surface area contributed by atoms with Crippen molar-refractivity contribution in [2.24, 2.45) is 5.41 Å². The van der Waals surface area contributed by atoms with Crippen LogP contribution < -0.4 is 0 Å². The second-order valence-corrected chi connectivity index (χ2v) is 8.35. The molecule has 4 rings (SSSR count). The van der Waals surface area contributed by atoms with Gasteiger partial charge in [0.05, 0.1) is 30.1 Å². The van der Waals surface area contributed by atoms with E-state index in [0.717, 1.165) is 24.1 Å². The number of aryl methyl sites for hydroxylation is 1. The van der Waals surface area contributed by atoms with Gasteiger partial charge >= 0.3 is 0 Å². The summed E-state index contributed by atoms with van der Waals surface area (Å²) in [5.74, 6) is -0.168. The van der Waals surface area contributed by atoms with Crippen molar-refractivity contribution in [1.29, 1.82) is 0 Å². The van der Waals surface area contributed by atoms with Gasteiger partial charge in [0.2, 0.25) is 0 Å². The zero-order chi connectivity index (χ0) is 19.9. The van der Waals surface area contributed by atoms with Gasteiger partial charge in [0.15, 0.2) is 0 Å². The number of benzene rings is 1. The maximum atomic E-state index is 13.5. The quantitative estimate of drug-likeness (QED) is 0.835. The van der Waals surface area contributed by atoms with E-state index in [1.54, 1.807) is 6.20 Å². The second kappa shape index (κ2) is 7.26. The van der Waals surface area contributed by atoms with Crippen LogP contribution in [0.4, 0.5) is 0 Å². The number of amides is 1. The van der Waals surface area contributed by atoms with Gasteiger partial charge in [-0.15, -0.1) is 0 Å². The number of fused-ring (bicyclic) bond motifs is 1. The van der Waals surface area contributed by atoms with Crippen molar-refractivity contribution in [3.63, 3.8) is 0 Å². The lowest BCUT2D eigenvalue weighted by molar-refractivity contribution is -0.0613. The van der Waals surface area contributed by atoms with Crippen molar-refractivity contribution >= 4 is 5.91 Å². The van der Waals surface area contributed by atoms with Crippen LogP contribution in [0.25, 0.3) is 0 Å². The molecule has 1 saturated carbocycles. The van der Waals surface area contributed by atoms with E-state index < -0.39 is 17.6 Å². The lowest BCUT2D eigenvalue weighted by Gasteiger charge is -2.38. The molecule has 0 radical (unpaired) electrons. The standard InChI is InChI=1S/C22H27N3O3/c1-14-12-24-16(13-23-14)21(28)25-17(15-7-4-3-5-8-15)11-22(2)19(25)10-6-9-18(26)20(22)27/h3-5,7-8,12-13,17-20,26-27H,6,9-11H2,1-2H3/t17-,18-,19-,20-,22-/m1/s1. The van der Waals surface area contributed by atoms with Crippen LogP contribution in [0.1, 0.15) is 60.4 Å². The smallest absolute Gasteiger partial charge is 0.274 e. The molecule has 1 saturated heterocycles. The number of aliphatic hydroxyl groups excluding tert-OH is 2. The molecule has 0 spiro atoms. The minimum Gasteiger partial charge on any atom is -0.390 e. The molecule has 5 atom stereocenters. The highest BCUT2D eigenvalue weighted by atomic mass is 16.3. The molecule has 28 heavy (non-hydrogen) atoms. The Morgan fingerprint density at radius 1 is 1.14 bits per heavy atom. The lowest BCUT2D eigenvalue weighted by atomic mass is 9.74. The van der Waals surface area contributed by atoms with Gasteiger partial charge in [0.25, 0.3) is 5.91 Å². The zero-order valence-electron chi connectivity index (χ0n) is 16.3. The van der Waals surface area contributed by atoms with Crippen molar-refractivity contribution in [3.05, 3.63) is 59.7 Å². The first kappa shape index (κ1) is 19.0. The predicted octanol–water partition coefficient (Wildman–Crippen LogP) is 2.65. The molecule has 6 nitrogen and oxygen atoms in total. The fourth-order valence-electron chi connectivity index (χ4n) is 4.96. The van der Waals surface area contributed by atoms with E-state index in [4.69, 9.17) is 0 Å². The number of aliphatic hydroxyl groups is 2. The summed E-state index contributed by atoms with van der Waals surface area (Å²) in [5.41, 5.74) is 1.53. The first-order chi connectivity index (χ1) is 13.4. The molecular formula is C22H27N3O3. The fraction of sp³-hybridized carbons (Fsp3) is 0.500. The van der Waals surface area contributed by atoms with Crippen LogP contribution in [-0.2, 0) is 0 Å². The zero-order valence-corrected chi connectivity index (χ0v) is 16.3. The van der Waals surface area contributed by atoms with Crippen molar-refractivity contribution in [2.45, 2.75) is 63.8 Å². The average Bonchev–Trinajstić information content (AvgIpc) is 2.96. The molecule has 1 aliphatic carbocycles. The number of likely N-dealkylation sites (tertiary alicyclic amines) is 1. The van der Waals surface area contributed by atoms with Crippen LogP contribution >= 0.6 is 0 Å². The van der Waals surface area contributed by atoms with Gasteiger partial charge < -0.3 is 15.1 Å². The van der Waals surface area contributed by atoms with Crippen LogP contribution in [0.5, 0.6) is 0 Å². The van der Waals surface area contributed by atoms with E-state index in [0.29, 0.717) is 18.5 Å². The van der Waals surface area contributed by atoms with E-state index >= 15 is 0 Å². The second-order valence-electron chi connectivity index (χ2n) is 8.35. The number of carbonyl (C=O) groups is 1. The topological polar surface area (TPSA) is 86.6 Å². The number of carbonyl (C=O) groups excluding carboxylic acids is 1. The number of aromatic nitrogens is 2. The highest BCUT2D eigenvalue weighted by Crippen LogP contribution is 2.53. The van der Waals surface area contributed by atoms with Crippen LogP contribution in [0.3, 0.4) is 0 Å². The Hall–Kier alpha value is -2.31. The summed E-state index contributed by atoms with van der Waals surface area (Å²) in [6.45, 7) is 3.84. The highest BCUT2D eigenvalue weighted by Gasteiger charge is 2.57. The van der Waals surface area contributed by atoms with Gasteiger partial charge in [0, 0.05) is 17.7 Å². The fourth-order valence-corrected chi connectivity index (χ4v) is 4.96. The van der Waals surface area contributed by atoms with E-state index in [9.17, 15) is 15.0 Å². The third-order valence-electron chi connectivity index (χ3n) is 6.50. The van der Waals surface area contributed by atoms with E-state index in [2.05, 4.69) is 9.97 Å². The predicted molar refractivity (Wildman–Crippen MR) is 104 cm³/mol. The summed E-state index contributed by atoms with van der Waals surface area (Å²) in [7, 11) is 0. The normalized spacial score (nSPS) is 32.6. The van der Waals surface area contributed by atoms with Gasteiger partial charge in [-0.05, 0) is 38.2 Å². The van der Waals surface area contributed by atoms with Crippen molar-refractivity contribution < 1.29 is 15.0 Å². The van der Waals surface area contributed by atoms with Gasteiger partial charge in [-0.3, -0.25) is 9.78 Å². The van der Waals surface area contributed by atoms with Crippen molar-refractivity contribution in [2.75, 3.05) is 0 Å². The molecule has 1 aromatic heterocycles. The number of rotatable bonds is 2. The summed E-state index contributed by atoms with van der Waals surface area (Å²) in [4.78, 5) is 23.9. The van der Waals surface area contributed by atoms with Gasteiger partial charge in [0.1, 0.15) is 5.69 Å². The van der Waals surface area contributed by atoms with Gasteiger partial charge in [-0.1, -0.05) is 37.3 Å². The molecule has 6 heteroatoms. The molecule has 2 heterocycles. The highest BCUT2D eigenvalue weighted by molar-refractivity contribution is 5.93. The molecule has 1 aromatic carbocycles. The Morgan fingerprint density at radius 3 is 2.57 bits per heavy atom. The molecule has 2 aromatic rings. The summed E-state index contributed by atoms with van der Waals surface area (Å²) >= 11 is 0. The van der Waals surface area contributed by atoms with Gasteiger partial charge in [-0.25, -0.2) is 4.98 Å². The Bertz CT molecular complexity index is 842. The van der Waals surface area contributed by atoms with E-state index in [1.807, 2.05) is 49.1 Å². The van der Waals surface area contributed by atoms with E-state index in [1.165, 1.54) is 6.20 Å². The number of hydrogen-bond donors (Lipinski definition) is 2. The van der Waals surface area contributed by atoms with Crippen molar-refractivity contribution in [3.8, 4) is 0 Å². The number of hydrogen-bond acceptors (Lipinski definition) is 5. The van der Waals surface area contributed by atoms with Crippen LogP contribution in [0.2, 0.25) is 0 Å². The molecule has 148 valence electrons. The lowest BCUT2D eigenvalue weighted by Crippen LogP contribution is -2.49. The van der Waals surface area contributed by atoms with Crippen molar-refractivity contribution in [1.82, 2.24) is 14.9 Å². The minimum atomic E-state index is -0.867. The first-order valence-electron chi connectivity index (χ1n) is 9.94. The Morgan fingerprint density at radius 2 is 1.89 bits per heavy atom. The van der Waals surface area contributed by atoms with E-state index in [-0.39, 0.29) is 18.0 Å². The largest absolute Gasteiger partial charge is 0.390 e. The molecule has 0 unspecified atom stereocenters. The Kier molecular flexibility index (Phi) is 4.93. The SMILES string of the molecule is Cc1cnc(C(=O)N2[C@@H](c3ccccc3)C[C@@]3(C)[C@H](O)[C@H](O)CCC[C@@H]23)cn1. The molecule has 2 aliphatic rings. The third kappa shape index (κ3) is 3.10. The summed E-state index contributed by atoms with van der Waals surface area (Å²) in [5, 5.41) is 21.4. The van der Waals surface area contributed by atoms with Crippen LogP contribution in [0.15, 0.2) is 42.7 Å². The molecule has 1 aliphatic heterocycles. The Labute approximate surface area is 165 Å². The molecule has 2 N–H and O–H groups in total. The molecule has 0 bridgehead atoms. The Balaban J connectivity index is 1.79. The summed E-state index contributed by atoms with van der Waals surface area (Å²) in [6, 6.07) is 9.57. The average molecular weight is 381 g/mol. The van der Waals surface area contributed by atoms with Crippen LogP contribution in [0, 0.1) is 12.3 Å². The molecule has 1 amide bonds. The molecule has 2 fully saturated rings. The molecular weight excluding hydrogens is 354 g/mol.